The normalized spacial score (nSPS) is 17.8. The molecule has 1 amide bonds. The van der Waals surface area contributed by atoms with E-state index in [1.165, 1.54) is 0 Å². The molecule has 1 fully saturated rings. The van der Waals surface area contributed by atoms with E-state index in [4.69, 9.17) is 4.74 Å². The lowest BCUT2D eigenvalue weighted by Gasteiger charge is -2.28. The average molecular weight is 312 g/mol. The fourth-order valence-electron chi connectivity index (χ4n) is 2.58. The van der Waals surface area contributed by atoms with Crippen LogP contribution in [0.2, 0.25) is 0 Å². The molecule has 1 atom stereocenters. The van der Waals surface area contributed by atoms with Gasteiger partial charge >= 0.3 is 0 Å². The van der Waals surface area contributed by atoms with Gasteiger partial charge < -0.3 is 20.3 Å². The van der Waals surface area contributed by atoms with Gasteiger partial charge in [0.05, 0.1) is 5.60 Å². The second-order valence-corrected chi connectivity index (χ2v) is 6.36. The molecule has 0 aromatic heterocycles. The summed E-state index contributed by atoms with van der Waals surface area (Å²) < 4.78 is 5.38. The van der Waals surface area contributed by atoms with Crippen molar-refractivity contribution in [2.75, 3.05) is 33.8 Å². The SMILES string of the molecule is CCC(CCNC(=NC)NCC(C)(C)OC)N1CCCC1=O. The summed E-state index contributed by atoms with van der Waals surface area (Å²) in [5.74, 6) is 1.07. The third-order valence-electron chi connectivity index (χ3n) is 4.25. The van der Waals surface area contributed by atoms with Crippen molar-refractivity contribution in [2.45, 2.75) is 58.1 Å². The molecule has 2 N–H and O–H groups in total. The Bertz CT molecular complexity index is 382. The summed E-state index contributed by atoms with van der Waals surface area (Å²) in [5.41, 5.74) is -0.231. The Morgan fingerprint density at radius 1 is 1.45 bits per heavy atom. The molecule has 0 aromatic rings. The van der Waals surface area contributed by atoms with Crippen molar-refractivity contribution in [3.63, 3.8) is 0 Å². The zero-order valence-corrected chi connectivity index (χ0v) is 14.7. The maximum atomic E-state index is 11.8. The summed E-state index contributed by atoms with van der Waals surface area (Å²) in [7, 11) is 3.47. The summed E-state index contributed by atoms with van der Waals surface area (Å²) in [6.07, 6.45) is 3.64. The van der Waals surface area contributed by atoms with Gasteiger partial charge in [0, 0.05) is 46.3 Å². The van der Waals surface area contributed by atoms with Crippen molar-refractivity contribution in [3.8, 4) is 0 Å². The molecule has 1 heterocycles. The molecule has 0 aliphatic carbocycles. The quantitative estimate of drug-likeness (QED) is 0.525. The van der Waals surface area contributed by atoms with Crippen molar-refractivity contribution in [1.29, 1.82) is 0 Å². The van der Waals surface area contributed by atoms with Gasteiger partial charge in [-0.25, -0.2) is 0 Å². The Morgan fingerprint density at radius 2 is 2.18 bits per heavy atom. The molecule has 128 valence electrons. The van der Waals surface area contributed by atoms with Gasteiger partial charge in [-0.15, -0.1) is 0 Å². The van der Waals surface area contributed by atoms with Crippen molar-refractivity contribution in [1.82, 2.24) is 15.5 Å². The average Bonchev–Trinajstić information content (AvgIpc) is 2.93. The van der Waals surface area contributed by atoms with Crippen LogP contribution >= 0.6 is 0 Å². The minimum Gasteiger partial charge on any atom is -0.377 e. The van der Waals surface area contributed by atoms with Gasteiger partial charge in [-0.3, -0.25) is 9.79 Å². The fraction of sp³-hybridized carbons (Fsp3) is 0.875. The maximum Gasteiger partial charge on any atom is 0.222 e. The van der Waals surface area contributed by atoms with E-state index in [9.17, 15) is 4.79 Å². The highest BCUT2D eigenvalue weighted by Gasteiger charge is 2.26. The number of guanidine groups is 1. The Balaban J connectivity index is 2.35. The number of carbonyl (C=O) groups excluding carboxylic acids is 1. The standard InChI is InChI=1S/C16H32N4O2/c1-6-13(20-11-7-8-14(20)21)9-10-18-15(17-4)19-12-16(2,3)22-5/h13H,6-12H2,1-5H3,(H2,17,18,19). The number of carbonyl (C=O) groups is 1. The zero-order chi connectivity index (χ0) is 16.6. The lowest BCUT2D eigenvalue weighted by atomic mass is 10.1. The van der Waals surface area contributed by atoms with E-state index in [2.05, 4.69) is 22.5 Å². The van der Waals surface area contributed by atoms with Gasteiger partial charge in [0.15, 0.2) is 5.96 Å². The minimum absolute atomic E-state index is 0.231. The molecule has 1 rings (SSSR count). The number of amides is 1. The first-order valence-electron chi connectivity index (χ1n) is 8.22. The van der Waals surface area contributed by atoms with Gasteiger partial charge in [0.1, 0.15) is 0 Å². The largest absolute Gasteiger partial charge is 0.377 e. The monoisotopic (exact) mass is 312 g/mol. The first kappa shape index (κ1) is 18.7. The number of methoxy groups -OCH3 is 1. The highest BCUT2D eigenvalue weighted by molar-refractivity contribution is 5.80. The van der Waals surface area contributed by atoms with Crippen molar-refractivity contribution in [3.05, 3.63) is 0 Å². The summed E-state index contributed by atoms with van der Waals surface area (Å²) >= 11 is 0. The second kappa shape index (κ2) is 8.98. The highest BCUT2D eigenvalue weighted by atomic mass is 16.5. The number of likely N-dealkylation sites (tertiary alicyclic amines) is 1. The number of rotatable bonds is 8. The van der Waals surface area contributed by atoms with Crippen LogP contribution in [0.15, 0.2) is 4.99 Å². The molecule has 0 bridgehead atoms. The van der Waals surface area contributed by atoms with Crippen LogP contribution in [0.5, 0.6) is 0 Å². The van der Waals surface area contributed by atoms with E-state index in [0.29, 0.717) is 24.9 Å². The van der Waals surface area contributed by atoms with E-state index in [-0.39, 0.29) is 5.60 Å². The minimum atomic E-state index is -0.231. The molecule has 6 heteroatoms. The molecule has 1 aliphatic heterocycles. The molecule has 22 heavy (non-hydrogen) atoms. The highest BCUT2D eigenvalue weighted by Crippen LogP contribution is 2.17. The predicted octanol–water partition coefficient (Wildman–Crippen LogP) is 1.37. The van der Waals surface area contributed by atoms with Gasteiger partial charge in [-0.05, 0) is 33.1 Å². The van der Waals surface area contributed by atoms with Crippen LogP contribution in [0, 0.1) is 0 Å². The second-order valence-electron chi connectivity index (χ2n) is 6.36. The topological polar surface area (TPSA) is 66.0 Å². The molecule has 1 saturated heterocycles. The predicted molar refractivity (Wildman–Crippen MR) is 90.1 cm³/mol. The third kappa shape index (κ3) is 5.83. The Labute approximate surface area is 134 Å². The van der Waals surface area contributed by atoms with Crippen LogP contribution in [-0.4, -0.2) is 62.2 Å². The van der Waals surface area contributed by atoms with Crippen LogP contribution in [0.25, 0.3) is 0 Å². The van der Waals surface area contributed by atoms with Crippen LogP contribution in [-0.2, 0) is 9.53 Å². The van der Waals surface area contributed by atoms with Crippen LogP contribution in [0.3, 0.4) is 0 Å². The third-order valence-corrected chi connectivity index (χ3v) is 4.25. The van der Waals surface area contributed by atoms with Crippen molar-refractivity contribution < 1.29 is 9.53 Å². The van der Waals surface area contributed by atoms with E-state index in [1.807, 2.05) is 18.7 Å². The first-order valence-corrected chi connectivity index (χ1v) is 8.22. The Hall–Kier alpha value is -1.30. The Kier molecular flexibility index (Phi) is 7.65. The summed E-state index contributed by atoms with van der Waals surface area (Å²) in [4.78, 5) is 18.1. The number of aliphatic imine (C=N–C) groups is 1. The van der Waals surface area contributed by atoms with Crippen molar-refractivity contribution in [2.24, 2.45) is 4.99 Å². The first-order chi connectivity index (χ1) is 10.4. The molecule has 1 aliphatic rings. The molecule has 6 nitrogen and oxygen atoms in total. The molecule has 0 spiro atoms. The van der Waals surface area contributed by atoms with Crippen LogP contribution in [0.4, 0.5) is 0 Å². The number of nitrogens with zero attached hydrogens (tertiary/aromatic N) is 2. The van der Waals surface area contributed by atoms with Crippen LogP contribution in [0.1, 0.15) is 46.5 Å². The number of hydrogen-bond donors (Lipinski definition) is 2. The molecule has 0 radical (unpaired) electrons. The van der Waals surface area contributed by atoms with E-state index < -0.39 is 0 Å². The fourth-order valence-corrected chi connectivity index (χ4v) is 2.58. The summed E-state index contributed by atoms with van der Waals surface area (Å²) in [5, 5.41) is 6.58. The van der Waals surface area contributed by atoms with Gasteiger partial charge in [-0.2, -0.15) is 0 Å². The lowest BCUT2D eigenvalue weighted by molar-refractivity contribution is -0.129. The molecular weight excluding hydrogens is 280 g/mol. The van der Waals surface area contributed by atoms with Crippen molar-refractivity contribution >= 4 is 11.9 Å². The summed E-state index contributed by atoms with van der Waals surface area (Å²) in [6.45, 7) is 8.59. The Morgan fingerprint density at radius 3 is 2.68 bits per heavy atom. The number of ether oxygens (including phenoxy) is 1. The molecule has 1 unspecified atom stereocenters. The van der Waals surface area contributed by atoms with E-state index >= 15 is 0 Å². The van der Waals surface area contributed by atoms with E-state index in [1.54, 1.807) is 14.2 Å². The molecule has 0 saturated carbocycles. The van der Waals surface area contributed by atoms with Crippen LogP contribution < -0.4 is 10.6 Å². The van der Waals surface area contributed by atoms with Gasteiger partial charge in [-0.1, -0.05) is 6.92 Å². The van der Waals surface area contributed by atoms with Gasteiger partial charge in [0.25, 0.3) is 0 Å². The maximum absolute atomic E-state index is 11.8. The van der Waals surface area contributed by atoms with E-state index in [0.717, 1.165) is 38.3 Å². The number of hydrogen-bond acceptors (Lipinski definition) is 3. The van der Waals surface area contributed by atoms with Gasteiger partial charge in [0.2, 0.25) is 5.91 Å². The summed E-state index contributed by atoms with van der Waals surface area (Å²) in [6, 6.07) is 0.330. The lowest BCUT2D eigenvalue weighted by Crippen LogP contribution is -2.46. The molecule has 0 aromatic carbocycles. The number of nitrogens with one attached hydrogen (secondary N) is 2. The molecular formula is C16H32N4O2. The smallest absolute Gasteiger partial charge is 0.222 e. The zero-order valence-electron chi connectivity index (χ0n) is 14.7.